The van der Waals surface area contributed by atoms with Crippen molar-refractivity contribution < 1.29 is 14.3 Å². The van der Waals surface area contributed by atoms with Crippen LogP contribution in [0.2, 0.25) is 10.0 Å². The lowest BCUT2D eigenvalue weighted by Gasteiger charge is -2.17. The molecule has 0 spiro atoms. The maximum Gasteiger partial charge on any atom is 0.240 e. The second-order valence-corrected chi connectivity index (χ2v) is 6.82. The summed E-state index contributed by atoms with van der Waals surface area (Å²) in [7, 11) is 0. The zero-order chi connectivity index (χ0) is 16.4. The molecule has 1 heterocycles. The Bertz CT molecular complexity index is 626. The topological polar surface area (TPSA) is 67.4 Å². The summed E-state index contributed by atoms with van der Waals surface area (Å²) in [6.07, 6.45) is 3.13. The van der Waals surface area contributed by atoms with E-state index in [-0.39, 0.29) is 17.9 Å². The first-order valence-electron chi connectivity index (χ1n) is 7.68. The normalized spacial score (nSPS) is 21.7. The maximum atomic E-state index is 12.5. The van der Waals surface area contributed by atoms with Gasteiger partial charge in [0.1, 0.15) is 5.41 Å². The van der Waals surface area contributed by atoms with Crippen LogP contribution in [0.1, 0.15) is 25.7 Å². The minimum absolute atomic E-state index is 0.0629. The molecule has 23 heavy (non-hydrogen) atoms. The average molecular weight is 357 g/mol. The fourth-order valence-electron chi connectivity index (χ4n) is 2.69. The van der Waals surface area contributed by atoms with E-state index in [1.807, 2.05) is 0 Å². The van der Waals surface area contributed by atoms with Crippen molar-refractivity contribution in [3.8, 4) is 0 Å². The van der Waals surface area contributed by atoms with E-state index in [4.69, 9.17) is 27.9 Å². The van der Waals surface area contributed by atoms with E-state index in [0.29, 0.717) is 35.1 Å². The molecule has 1 aliphatic heterocycles. The first-order chi connectivity index (χ1) is 11.0. The second kappa shape index (κ2) is 6.67. The molecule has 1 aromatic rings. The quantitative estimate of drug-likeness (QED) is 0.796. The minimum atomic E-state index is -0.968. The largest absolute Gasteiger partial charge is 0.376 e. The van der Waals surface area contributed by atoms with Gasteiger partial charge in [-0.25, -0.2) is 0 Å². The Morgan fingerprint density at radius 3 is 2.61 bits per heavy atom. The molecule has 2 fully saturated rings. The van der Waals surface area contributed by atoms with Gasteiger partial charge in [0.05, 0.1) is 16.1 Å². The predicted molar refractivity (Wildman–Crippen MR) is 88.7 cm³/mol. The van der Waals surface area contributed by atoms with Gasteiger partial charge < -0.3 is 15.4 Å². The van der Waals surface area contributed by atoms with Crippen LogP contribution in [0.4, 0.5) is 5.69 Å². The van der Waals surface area contributed by atoms with E-state index in [1.54, 1.807) is 18.2 Å². The predicted octanol–water partition coefficient (Wildman–Crippen LogP) is 3.01. The van der Waals surface area contributed by atoms with Crippen molar-refractivity contribution >= 4 is 40.7 Å². The number of benzene rings is 1. The van der Waals surface area contributed by atoms with Crippen molar-refractivity contribution in [1.82, 2.24) is 5.32 Å². The van der Waals surface area contributed by atoms with Crippen LogP contribution in [-0.2, 0) is 14.3 Å². The number of hydrogen-bond donors (Lipinski definition) is 2. The number of hydrogen-bond acceptors (Lipinski definition) is 3. The van der Waals surface area contributed by atoms with Crippen molar-refractivity contribution in [3.63, 3.8) is 0 Å². The molecular formula is C16H18Cl2N2O3. The summed E-state index contributed by atoms with van der Waals surface area (Å²) in [5.74, 6) is -0.536. The molecule has 1 unspecified atom stereocenters. The molecule has 3 rings (SSSR count). The van der Waals surface area contributed by atoms with Crippen molar-refractivity contribution in [2.45, 2.75) is 31.8 Å². The van der Waals surface area contributed by atoms with Gasteiger partial charge in [0.25, 0.3) is 0 Å². The van der Waals surface area contributed by atoms with E-state index in [2.05, 4.69) is 10.6 Å². The van der Waals surface area contributed by atoms with Gasteiger partial charge in [0.2, 0.25) is 11.8 Å². The lowest BCUT2D eigenvalue weighted by Crippen LogP contribution is -2.42. The van der Waals surface area contributed by atoms with Gasteiger partial charge in [-0.1, -0.05) is 23.2 Å². The first kappa shape index (κ1) is 16.6. The number of nitrogens with one attached hydrogen (secondary N) is 2. The van der Waals surface area contributed by atoms with E-state index in [9.17, 15) is 9.59 Å². The summed E-state index contributed by atoms with van der Waals surface area (Å²) in [6.45, 7) is 1.20. The summed E-state index contributed by atoms with van der Waals surface area (Å²) in [5.41, 5.74) is -0.437. The van der Waals surface area contributed by atoms with Crippen LogP contribution < -0.4 is 10.6 Å². The Kier molecular flexibility index (Phi) is 4.80. The Morgan fingerprint density at radius 2 is 2.00 bits per heavy atom. The molecule has 1 saturated carbocycles. The SMILES string of the molecule is O=C(NCC1CCCO1)C1(C(=O)Nc2ccc(Cl)c(Cl)c2)CC1. The van der Waals surface area contributed by atoms with Crippen LogP contribution >= 0.6 is 23.2 Å². The van der Waals surface area contributed by atoms with Gasteiger partial charge in [-0.2, -0.15) is 0 Å². The molecule has 7 heteroatoms. The van der Waals surface area contributed by atoms with Gasteiger partial charge >= 0.3 is 0 Å². The molecule has 2 amide bonds. The fraction of sp³-hybridized carbons (Fsp3) is 0.500. The maximum absolute atomic E-state index is 12.5. The van der Waals surface area contributed by atoms with Crippen LogP contribution in [0.3, 0.4) is 0 Å². The average Bonchev–Trinajstić information content (AvgIpc) is 3.18. The number of anilines is 1. The molecular weight excluding hydrogens is 339 g/mol. The van der Waals surface area contributed by atoms with E-state index < -0.39 is 5.41 Å². The molecule has 1 aromatic carbocycles. The highest BCUT2D eigenvalue weighted by molar-refractivity contribution is 6.42. The summed E-state index contributed by atoms with van der Waals surface area (Å²) in [5, 5.41) is 6.37. The third-order valence-corrected chi connectivity index (χ3v) is 5.05. The third kappa shape index (κ3) is 3.62. The summed E-state index contributed by atoms with van der Waals surface area (Å²) in [6, 6.07) is 4.84. The van der Waals surface area contributed by atoms with Gasteiger partial charge in [0, 0.05) is 18.8 Å². The number of carbonyl (C=O) groups excluding carboxylic acids is 2. The molecule has 124 valence electrons. The van der Waals surface area contributed by atoms with E-state index in [1.165, 1.54) is 0 Å². The summed E-state index contributed by atoms with van der Waals surface area (Å²) < 4.78 is 5.47. The molecule has 0 bridgehead atoms. The summed E-state index contributed by atoms with van der Waals surface area (Å²) in [4.78, 5) is 24.8. The standard InChI is InChI=1S/C16H18Cl2N2O3/c17-12-4-3-10(8-13(12)18)20-15(22)16(5-6-16)14(21)19-9-11-2-1-7-23-11/h3-4,8,11H,1-2,5-7,9H2,(H,19,21)(H,20,22). The monoisotopic (exact) mass is 356 g/mol. The zero-order valence-electron chi connectivity index (χ0n) is 12.5. The smallest absolute Gasteiger partial charge is 0.240 e. The van der Waals surface area contributed by atoms with Crippen LogP contribution in [0, 0.1) is 5.41 Å². The molecule has 2 aliphatic rings. The van der Waals surface area contributed by atoms with Gasteiger partial charge in [0.15, 0.2) is 0 Å². The number of halogens is 2. The van der Waals surface area contributed by atoms with E-state index in [0.717, 1.165) is 19.4 Å². The lowest BCUT2D eigenvalue weighted by molar-refractivity contribution is -0.134. The third-order valence-electron chi connectivity index (χ3n) is 4.31. The Labute approximate surface area is 144 Å². The van der Waals surface area contributed by atoms with Crippen molar-refractivity contribution in [2.24, 2.45) is 5.41 Å². The number of amides is 2. The Hall–Kier alpha value is -1.30. The fourth-order valence-corrected chi connectivity index (χ4v) is 2.99. The number of ether oxygens (including phenoxy) is 1. The molecule has 1 atom stereocenters. The Morgan fingerprint density at radius 1 is 1.22 bits per heavy atom. The number of carbonyl (C=O) groups is 2. The molecule has 2 N–H and O–H groups in total. The van der Waals surface area contributed by atoms with Crippen molar-refractivity contribution in [3.05, 3.63) is 28.2 Å². The van der Waals surface area contributed by atoms with Crippen molar-refractivity contribution in [1.29, 1.82) is 0 Å². The van der Waals surface area contributed by atoms with Gasteiger partial charge in [-0.05, 0) is 43.9 Å². The first-order valence-corrected chi connectivity index (χ1v) is 8.43. The highest BCUT2D eigenvalue weighted by Gasteiger charge is 2.56. The van der Waals surface area contributed by atoms with Crippen LogP contribution in [-0.4, -0.2) is 31.1 Å². The molecule has 5 nitrogen and oxygen atoms in total. The Balaban J connectivity index is 1.58. The van der Waals surface area contributed by atoms with Crippen LogP contribution in [0.15, 0.2) is 18.2 Å². The highest BCUT2D eigenvalue weighted by atomic mass is 35.5. The minimum Gasteiger partial charge on any atom is -0.376 e. The molecule has 1 saturated heterocycles. The zero-order valence-corrected chi connectivity index (χ0v) is 14.0. The lowest BCUT2D eigenvalue weighted by atomic mass is 10.0. The highest BCUT2D eigenvalue weighted by Crippen LogP contribution is 2.47. The van der Waals surface area contributed by atoms with Crippen LogP contribution in [0.25, 0.3) is 0 Å². The molecule has 1 aliphatic carbocycles. The summed E-state index contributed by atoms with van der Waals surface area (Å²) >= 11 is 11.8. The van der Waals surface area contributed by atoms with Crippen molar-refractivity contribution in [2.75, 3.05) is 18.5 Å². The molecule has 0 radical (unpaired) electrons. The van der Waals surface area contributed by atoms with E-state index >= 15 is 0 Å². The molecule has 0 aromatic heterocycles. The van der Waals surface area contributed by atoms with Crippen LogP contribution in [0.5, 0.6) is 0 Å². The second-order valence-electron chi connectivity index (χ2n) is 6.01. The van der Waals surface area contributed by atoms with Gasteiger partial charge in [-0.15, -0.1) is 0 Å². The van der Waals surface area contributed by atoms with Gasteiger partial charge in [-0.3, -0.25) is 9.59 Å². The number of rotatable bonds is 5.